The number of carbonyl (C=O) groups excluding carboxylic acids is 1. The van der Waals surface area contributed by atoms with Gasteiger partial charge in [0.25, 0.3) is 0 Å². The number of hydrogen-bond donors (Lipinski definition) is 1. The number of aliphatic hydroxyl groups is 1. The molecule has 0 aromatic heterocycles. The summed E-state index contributed by atoms with van der Waals surface area (Å²) in [7, 11) is -0.148. The maximum atomic E-state index is 11.4. The summed E-state index contributed by atoms with van der Waals surface area (Å²) in [6.07, 6.45) is 4.41. The second kappa shape index (κ2) is 5.07. The Morgan fingerprint density at radius 3 is 2.71 bits per heavy atom. The van der Waals surface area contributed by atoms with Crippen molar-refractivity contribution in [3.8, 4) is 11.5 Å². The number of methoxy groups -OCH3 is 1. The summed E-state index contributed by atoms with van der Waals surface area (Å²) in [6.45, 7) is 6.37. The molecule has 3 nitrogen and oxygen atoms in total. The average molecular weight is 252 g/mol. The van der Waals surface area contributed by atoms with E-state index in [0.717, 1.165) is 0 Å². The number of rotatable bonds is 1. The molecule has 0 amide bonds. The molecular weight excluding hydrogens is 232 g/mol. The zero-order valence-corrected chi connectivity index (χ0v) is 11.9. The molecule has 0 aromatic carbocycles. The molecular formula is C13H20O3Si. The maximum absolute atomic E-state index is 11.4. The van der Waals surface area contributed by atoms with Gasteiger partial charge in [0.15, 0.2) is 0 Å². The van der Waals surface area contributed by atoms with Crippen molar-refractivity contribution in [3.05, 3.63) is 12.2 Å². The van der Waals surface area contributed by atoms with E-state index < -0.39 is 13.7 Å². The molecule has 2 atom stereocenters. The van der Waals surface area contributed by atoms with Gasteiger partial charge in [0.05, 0.1) is 13.0 Å². The van der Waals surface area contributed by atoms with Crippen LogP contribution < -0.4 is 0 Å². The zero-order chi connectivity index (χ0) is 13.1. The van der Waals surface area contributed by atoms with E-state index in [1.807, 2.05) is 6.08 Å². The van der Waals surface area contributed by atoms with Crippen LogP contribution in [0.1, 0.15) is 12.8 Å². The van der Waals surface area contributed by atoms with E-state index in [1.54, 1.807) is 6.08 Å². The van der Waals surface area contributed by atoms with Crippen LogP contribution in [-0.2, 0) is 9.53 Å². The number of esters is 1. The highest BCUT2D eigenvalue weighted by atomic mass is 28.3. The quantitative estimate of drug-likeness (QED) is 0.335. The van der Waals surface area contributed by atoms with Gasteiger partial charge in [-0.2, -0.15) is 0 Å². The molecule has 1 N–H and O–H groups in total. The van der Waals surface area contributed by atoms with Gasteiger partial charge in [-0.15, -0.1) is 5.54 Å². The van der Waals surface area contributed by atoms with Crippen LogP contribution in [0.2, 0.25) is 19.6 Å². The first-order chi connectivity index (χ1) is 7.76. The Hall–Kier alpha value is -1.05. The van der Waals surface area contributed by atoms with E-state index in [1.165, 1.54) is 7.11 Å². The molecule has 0 saturated heterocycles. The third kappa shape index (κ3) is 4.37. The lowest BCUT2D eigenvalue weighted by Gasteiger charge is -2.28. The molecule has 0 spiro atoms. The third-order valence-corrected chi connectivity index (χ3v) is 3.43. The Bertz CT molecular complexity index is 384. The van der Waals surface area contributed by atoms with Crippen molar-refractivity contribution in [3.63, 3.8) is 0 Å². The molecule has 0 saturated carbocycles. The van der Waals surface area contributed by atoms with Crippen LogP contribution in [0, 0.1) is 17.4 Å². The van der Waals surface area contributed by atoms with Crippen LogP contribution in [0.3, 0.4) is 0 Å². The van der Waals surface area contributed by atoms with E-state index in [4.69, 9.17) is 0 Å². The number of hydrogen-bond acceptors (Lipinski definition) is 3. The van der Waals surface area contributed by atoms with Crippen LogP contribution >= 0.6 is 0 Å². The van der Waals surface area contributed by atoms with Crippen molar-refractivity contribution < 1.29 is 14.6 Å². The van der Waals surface area contributed by atoms with Crippen molar-refractivity contribution in [1.82, 2.24) is 0 Å². The van der Waals surface area contributed by atoms with E-state index in [9.17, 15) is 9.90 Å². The lowest BCUT2D eigenvalue weighted by atomic mass is 9.83. The second-order valence-electron chi connectivity index (χ2n) is 5.50. The molecule has 0 unspecified atom stereocenters. The van der Waals surface area contributed by atoms with Crippen molar-refractivity contribution in [1.29, 1.82) is 0 Å². The zero-order valence-electron chi connectivity index (χ0n) is 10.9. The molecule has 0 heterocycles. The topological polar surface area (TPSA) is 46.5 Å². The molecule has 0 aromatic rings. The molecule has 94 valence electrons. The second-order valence-corrected chi connectivity index (χ2v) is 10.2. The summed E-state index contributed by atoms with van der Waals surface area (Å²) in [5.41, 5.74) is 2.09. The van der Waals surface area contributed by atoms with E-state index >= 15 is 0 Å². The van der Waals surface area contributed by atoms with Crippen LogP contribution in [0.25, 0.3) is 0 Å². The Labute approximate surface area is 104 Å². The monoisotopic (exact) mass is 252 g/mol. The van der Waals surface area contributed by atoms with Crippen LogP contribution in [0.4, 0.5) is 0 Å². The van der Waals surface area contributed by atoms with Crippen molar-refractivity contribution in [2.24, 2.45) is 5.92 Å². The fraction of sp³-hybridized carbons (Fsp3) is 0.615. The maximum Gasteiger partial charge on any atom is 0.312 e. The highest BCUT2D eigenvalue weighted by molar-refractivity contribution is 6.83. The lowest BCUT2D eigenvalue weighted by Crippen LogP contribution is -2.35. The molecule has 1 rings (SSSR count). The minimum atomic E-state index is -1.51. The van der Waals surface area contributed by atoms with Gasteiger partial charge < -0.3 is 9.84 Å². The van der Waals surface area contributed by atoms with Gasteiger partial charge in [-0.3, -0.25) is 4.79 Å². The van der Waals surface area contributed by atoms with Gasteiger partial charge in [-0.1, -0.05) is 37.7 Å². The normalized spacial score (nSPS) is 28.2. The smallest absolute Gasteiger partial charge is 0.312 e. The standard InChI is InChI=1S/C13H20O3Si/c1-16-12(14)11-6-5-7-13(15,10-11)8-9-17(2,3)4/h5-6,11,15H,7,10H2,1-4H3/t11-,13-/m1/s1. The van der Waals surface area contributed by atoms with E-state index in [2.05, 4.69) is 35.8 Å². The summed E-state index contributed by atoms with van der Waals surface area (Å²) in [5.74, 6) is 2.26. The van der Waals surface area contributed by atoms with Gasteiger partial charge >= 0.3 is 5.97 Å². The fourth-order valence-corrected chi connectivity index (χ4v) is 2.27. The van der Waals surface area contributed by atoms with Crippen molar-refractivity contribution >= 4 is 14.0 Å². The predicted molar refractivity (Wildman–Crippen MR) is 70.0 cm³/mol. The largest absolute Gasteiger partial charge is 0.469 e. The molecule has 4 heteroatoms. The summed E-state index contributed by atoms with van der Waals surface area (Å²) >= 11 is 0. The van der Waals surface area contributed by atoms with E-state index in [0.29, 0.717) is 12.8 Å². The molecule has 0 bridgehead atoms. The summed E-state index contributed by atoms with van der Waals surface area (Å²) in [6, 6.07) is 0. The predicted octanol–water partition coefficient (Wildman–Crippen LogP) is 1.74. The Morgan fingerprint density at radius 2 is 2.18 bits per heavy atom. The van der Waals surface area contributed by atoms with Gasteiger partial charge in [-0.25, -0.2) is 0 Å². The summed E-state index contributed by atoms with van der Waals surface area (Å²) < 4.78 is 4.69. The molecule has 0 aliphatic heterocycles. The SMILES string of the molecule is COC(=O)[C@@H]1C=CC[C@@](O)(C#C[Si](C)(C)C)C1. The molecule has 1 aliphatic carbocycles. The summed E-state index contributed by atoms with van der Waals surface area (Å²) in [4.78, 5) is 11.4. The van der Waals surface area contributed by atoms with E-state index in [-0.39, 0.29) is 11.9 Å². The number of ether oxygens (including phenoxy) is 1. The van der Waals surface area contributed by atoms with Crippen LogP contribution in [0.5, 0.6) is 0 Å². The minimum absolute atomic E-state index is 0.311. The first kappa shape index (κ1) is 14.0. The van der Waals surface area contributed by atoms with Crippen molar-refractivity contribution in [2.75, 3.05) is 7.11 Å². The first-order valence-corrected chi connectivity index (χ1v) is 9.27. The number of carbonyl (C=O) groups is 1. The lowest BCUT2D eigenvalue weighted by molar-refractivity contribution is -0.145. The minimum Gasteiger partial charge on any atom is -0.469 e. The molecule has 0 fully saturated rings. The van der Waals surface area contributed by atoms with Crippen LogP contribution in [-0.4, -0.2) is 31.9 Å². The van der Waals surface area contributed by atoms with Gasteiger partial charge in [-0.05, 0) is 0 Å². The first-order valence-electron chi connectivity index (χ1n) is 5.77. The Morgan fingerprint density at radius 1 is 1.53 bits per heavy atom. The Kier molecular flexibility index (Phi) is 4.18. The van der Waals surface area contributed by atoms with Crippen LogP contribution in [0.15, 0.2) is 12.2 Å². The average Bonchev–Trinajstić information content (AvgIpc) is 2.25. The Balaban J connectivity index is 2.82. The molecule has 1 aliphatic rings. The van der Waals surface area contributed by atoms with Gasteiger partial charge in [0.1, 0.15) is 13.7 Å². The fourth-order valence-electron chi connectivity index (χ4n) is 1.66. The molecule has 0 radical (unpaired) electrons. The highest BCUT2D eigenvalue weighted by Crippen LogP contribution is 2.28. The van der Waals surface area contributed by atoms with Crippen molar-refractivity contribution in [2.45, 2.75) is 38.1 Å². The van der Waals surface area contributed by atoms with Gasteiger partial charge in [0, 0.05) is 12.8 Å². The third-order valence-electron chi connectivity index (χ3n) is 2.56. The summed E-state index contributed by atoms with van der Waals surface area (Å²) in [5, 5.41) is 10.3. The molecule has 17 heavy (non-hydrogen) atoms. The van der Waals surface area contributed by atoms with Gasteiger partial charge in [0.2, 0.25) is 0 Å². The highest BCUT2D eigenvalue weighted by Gasteiger charge is 2.33.